The fourth-order valence-corrected chi connectivity index (χ4v) is 3.60. The molecule has 0 amide bonds. The molecule has 3 heterocycles. The lowest BCUT2D eigenvalue weighted by atomic mass is 10.0. The van der Waals surface area contributed by atoms with E-state index in [-0.39, 0.29) is 12.1 Å². The average Bonchev–Trinajstić information content (AvgIpc) is 3.25. The van der Waals surface area contributed by atoms with Crippen molar-refractivity contribution >= 4 is 23.0 Å². The van der Waals surface area contributed by atoms with Gasteiger partial charge in [0.25, 0.3) is 0 Å². The Bertz CT molecular complexity index is 893. The first-order chi connectivity index (χ1) is 12.1. The van der Waals surface area contributed by atoms with Gasteiger partial charge in [-0.3, -0.25) is 4.98 Å². The van der Waals surface area contributed by atoms with Gasteiger partial charge in [0.1, 0.15) is 11.8 Å². The van der Waals surface area contributed by atoms with E-state index in [0.717, 1.165) is 17.1 Å². The van der Waals surface area contributed by atoms with Gasteiger partial charge in [-0.2, -0.15) is 0 Å². The minimum absolute atomic E-state index is 0.0681. The summed E-state index contributed by atoms with van der Waals surface area (Å²) in [4.78, 5) is 6.65. The maximum Gasteiger partial charge on any atom is 0.174 e. The molecule has 3 aromatic rings. The summed E-state index contributed by atoms with van der Waals surface area (Å²) in [7, 11) is 0. The fourth-order valence-electron chi connectivity index (χ4n) is 3.26. The third kappa shape index (κ3) is 2.81. The van der Waals surface area contributed by atoms with Gasteiger partial charge in [-0.05, 0) is 73.6 Å². The van der Waals surface area contributed by atoms with Gasteiger partial charge < -0.3 is 14.6 Å². The van der Waals surface area contributed by atoms with Crippen molar-refractivity contribution in [1.82, 2.24) is 10.3 Å². The molecular weight excluding hydrogens is 330 g/mol. The van der Waals surface area contributed by atoms with E-state index >= 15 is 0 Å². The number of anilines is 1. The van der Waals surface area contributed by atoms with Crippen molar-refractivity contribution in [3.05, 3.63) is 83.6 Å². The molecule has 0 saturated carbocycles. The SMILES string of the molecule is Cc1ccc(N2C(=S)N[C@@H](c3ccccn3)[C@@H]2c2ccco2)cc1C. The Balaban J connectivity index is 1.82. The van der Waals surface area contributed by atoms with Crippen LogP contribution in [0, 0.1) is 13.8 Å². The van der Waals surface area contributed by atoms with Gasteiger partial charge in [0.05, 0.1) is 18.0 Å². The molecule has 1 saturated heterocycles. The van der Waals surface area contributed by atoms with Gasteiger partial charge in [-0.1, -0.05) is 12.1 Å². The second-order valence-electron chi connectivity index (χ2n) is 6.28. The van der Waals surface area contributed by atoms with Gasteiger partial charge in [-0.25, -0.2) is 0 Å². The lowest BCUT2D eigenvalue weighted by molar-refractivity contribution is 0.432. The summed E-state index contributed by atoms with van der Waals surface area (Å²) in [5, 5.41) is 4.11. The molecule has 0 radical (unpaired) electrons. The van der Waals surface area contributed by atoms with Crippen LogP contribution in [0.15, 0.2) is 65.4 Å². The molecule has 126 valence electrons. The number of aryl methyl sites for hydroxylation is 2. The minimum atomic E-state index is -0.0838. The molecule has 0 bridgehead atoms. The van der Waals surface area contributed by atoms with Crippen molar-refractivity contribution < 1.29 is 4.42 Å². The summed E-state index contributed by atoms with van der Waals surface area (Å²) < 4.78 is 5.75. The van der Waals surface area contributed by atoms with Gasteiger partial charge in [0.15, 0.2) is 5.11 Å². The van der Waals surface area contributed by atoms with Crippen molar-refractivity contribution in [2.75, 3.05) is 4.90 Å². The predicted molar refractivity (Wildman–Crippen MR) is 103 cm³/mol. The van der Waals surface area contributed by atoms with Gasteiger partial charge in [-0.15, -0.1) is 0 Å². The number of aromatic nitrogens is 1. The van der Waals surface area contributed by atoms with E-state index < -0.39 is 0 Å². The zero-order valence-electron chi connectivity index (χ0n) is 14.1. The quantitative estimate of drug-likeness (QED) is 0.707. The van der Waals surface area contributed by atoms with Crippen molar-refractivity contribution in [2.45, 2.75) is 25.9 Å². The minimum Gasteiger partial charge on any atom is -0.467 e. The number of hydrogen-bond acceptors (Lipinski definition) is 3. The zero-order valence-corrected chi connectivity index (χ0v) is 15.0. The van der Waals surface area contributed by atoms with Crippen molar-refractivity contribution in [3.8, 4) is 0 Å². The van der Waals surface area contributed by atoms with E-state index in [9.17, 15) is 0 Å². The van der Waals surface area contributed by atoms with Crippen LogP contribution in [0.2, 0.25) is 0 Å². The molecule has 4 rings (SSSR count). The Labute approximate surface area is 152 Å². The molecule has 0 spiro atoms. The van der Waals surface area contributed by atoms with Crippen molar-refractivity contribution in [3.63, 3.8) is 0 Å². The summed E-state index contributed by atoms with van der Waals surface area (Å²) in [5.41, 5.74) is 4.50. The molecule has 2 atom stereocenters. The highest BCUT2D eigenvalue weighted by Gasteiger charge is 2.42. The lowest BCUT2D eigenvalue weighted by Crippen LogP contribution is -2.29. The summed E-state index contributed by atoms with van der Waals surface area (Å²) in [5.74, 6) is 0.862. The first-order valence-corrected chi connectivity index (χ1v) is 8.67. The number of hydrogen-bond donors (Lipinski definition) is 1. The molecule has 0 aliphatic carbocycles. The number of thiocarbonyl (C=S) groups is 1. The third-order valence-electron chi connectivity index (χ3n) is 4.70. The molecule has 0 unspecified atom stereocenters. The highest BCUT2D eigenvalue weighted by Crippen LogP contribution is 2.41. The standard InChI is InChI=1S/C20H19N3OS/c1-13-8-9-15(12-14(13)2)23-19(17-7-5-11-24-17)18(22-20(23)25)16-6-3-4-10-21-16/h3-12,18-19H,1-2H3,(H,22,25)/t18-,19-/m0/s1. The zero-order chi connectivity index (χ0) is 17.4. The molecule has 1 N–H and O–H groups in total. The molecule has 1 aliphatic heterocycles. The smallest absolute Gasteiger partial charge is 0.174 e. The number of nitrogens with zero attached hydrogens (tertiary/aromatic N) is 2. The second kappa shape index (κ2) is 6.33. The van der Waals surface area contributed by atoms with E-state index in [1.165, 1.54) is 11.1 Å². The first kappa shape index (κ1) is 15.8. The molecule has 2 aromatic heterocycles. The summed E-state index contributed by atoms with van der Waals surface area (Å²) >= 11 is 5.67. The van der Waals surface area contributed by atoms with E-state index in [1.807, 2.05) is 30.3 Å². The molecule has 4 nitrogen and oxygen atoms in total. The Hall–Kier alpha value is -2.66. The number of furan rings is 1. The summed E-state index contributed by atoms with van der Waals surface area (Å²) in [6, 6.07) is 16.1. The van der Waals surface area contributed by atoms with Crippen LogP contribution in [0.3, 0.4) is 0 Å². The summed E-state index contributed by atoms with van der Waals surface area (Å²) in [6.07, 6.45) is 3.50. The average molecular weight is 349 g/mol. The topological polar surface area (TPSA) is 41.3 Å². The number of rotatable bonds is 3. The monoisotopic (exact) mass is 349 g/mol. The van der Waals surface area contributed by atoms with Crippen LogP contribution < -0.4 is 10.2 Å². The van der Waals surface area contributed by atoms with E-state index in [0.29, 0.717) is 5.11 Å². The molecule has 5 heteroatoms. The highest BCUT2D eigenvalue weighted by atomic mass is 32.1. The Morgan fingerprint density at radius 1 is 1.08 bits per heavy atom. The van der Waals surface area contributed by atoms with Crippen LogP contribution in [0.1, 0.15) is 34.7 Å². The number of benzene rings is 1. The van der Waals surface area contributed by atoms with Crippen LogP contribution in [-0.2, 0) is 0 Å². The molecule has 1 aliphatic rings. The van der Waals surface area contributed by atoms with Crippen LogP contribution in [0.4, 0.5) is 5.69 Å². The fraction of sp³-hybridized carbons (Fsp3) is 0.200. The van der Waals surface area contributed by atoms with E-state index in [2.05, 4.69) is 47.2 Å². The van der Waals surface area contributed by atoms with Gasteiger partial charge in [0.2, 0.25) is 0 Å². The van der Waals surface area contributed by atoms with Gasteiger partial charge in [0, 0.05) is 11.9 Å². The molecule has 1 fully saturated rings. The molecule has 25 heavy (non-hydrogen) atoms. The summed E-state index contributed by atoms with van der Waals surface area (Å²) in [6.45, 7) is 4.23. The lowest BCUT2D eigenvalue weighted by Gasteiger charge is -2.26. The predicted octanol–water partition coefficient (Wildman–Crippen LogP) is 4.47. The normalized spacial score (nSPS) is 19.9. The largest absolute Gasteiger partial charge is 0.467 e. The van der Waals surface area contributed by atoms with Crippen molar-refractivity contribution in [2.24, 2.45) is 0 Å². The van der Waals surface area contributed by atoms with E-state index in [4.69, 9.17) is 16.6 Å². The Morgan fingerprint density at radius 3 is 2.64 bits per heavy atom. The van der Waals surface area contributed by atoms with Gasteiger partial charge >= 0.3 is 0 Å². The maximum absolute atomic E-state index is 5.75. The Kier molecular flexibility index (Phi) is 4.01. The molecular formula is C20H19N3OS. The second-order valence-corrected chi connectivity index (χ2v) is 6.67. The molecule has 1 aromatic carbocycles. The highest BCUT2D eigenvalue weighted by molar-refractivity contribution is 7.80. The first-order valence-electron chi connectivity index (χ1n) is 8.26. The van der Waals surface area contributed by atoms with Crippen molar-refractivity contribution in [1.29, 1.82) is 0 Å². The number of nitrogens with one attached hydrogen (secondary N) is 1. The maximum atomic E-state index is 5.75. The van der Waals surface area contributed by atoms with E-state index in [1.54, 1.807) is 12.5 Å². The number of pyridine rings is 1. The Morgan fingerprint density at radius 2 is 1.96 bits per heavy atom. The van der Waals surface area contributed by atoms with Crippen LogP contribution in [-0.4, -0.2) is 10.1 Å². The van der Waals surface area contributed by atoms with Crippen LogP contribution in [0.5, 0.6) is 0 Å². The van der Waals surface area contributed by atoms with Crippen LogP contribution in [0.25, 0.3) is 0 Å². The van der Waals surface area contributed by atoms with Crippen LogP contribution >= 0.6 is 12.2 Å². The third-order valence-corrected chi connectivity index (χ3v) is 5.02.